The highest BCUT2D eigenvalue weighted by Crippen LogP contribution is 2.29. The maximum Gasteiger partial charge on any atom is 0.339 e. The summed E-state index contributed by atoms with van der Waals surface area (Å²) in [5.74, 6) is 0.340. The summed E-state index contributed by atoms with van der Waals surface area (Å²) in [6.07, 6.45) is 10.8. The van der Waals surface area contributed by atoms with Crippen molar-refractivity contribution in [2.24, 2.45) is 5.92 Å². The Kier molecular flexibility index (Phi) is 10.6. The van der Waals surface area contributed by atoms with Crippen LogP contribution in [-0.4, -0.2) is 36.6 Å². The van der Waals surface area contributed by atoms with Crippen LogP contribution in [0.25, 0.3) is 5.57 Å². The van der Waals surface area contributed by atoms with Crippen LogP contribution in [0.4, 0.5) is 0 Å². The molecule has 0 amide bonds. The number of nitrogens with zero attached hydrogens (tertiary/aromatic N) is 1. The van der Waals surface area contributed by atoms with Gasteiger partial charge in [0.2, 0.25) is 0 Å². The summed E-state index contributed by atoms with van der Waals surface area (Å²) in [7, 11) is 0. The number of fused-ring (bicyclic) bond motifs is 1. The van der Waals surface area contributed by atoms with Gasteiger partial charge in [-0.3, -0.25) is 0 Å². The maximum absolute atomic E-state index is 13.2. The van der Waals surface area contributed by atoms with Crippen molar-refractivity contribution < 1.29 is 9.53 Å². The van der Waals surface area contributed by atoms with Gasteiger partial charge in [0.15, 0.2) is 0 Å². The van der Waals surface area contributed by atoms with E-state index in [-0.39, 0.29) is 5.97 Å². The highest BCUT2D eigenvalue weighted by atomic mass is 16.5. The van der Waals surface area contributed by atoms with Crippen LogP contribution in [0, 0.1) is 12.8 Å². The molecule has 33 heavy (non-hydrogen) atoms. The molecular formula is C30H45NO2. The Morgan fingerprint density at radius 2 is 1.76 bits per heavy atom. The highest BCUT2D eigenvalue weighted by Gasteiger charge is 2.22. The molecule has 3 rings (SSSR count). The van der Waals surface area contributed by atoms with Crippen molar-refractivity contribution in [3.05, 3.63) is 63.8 Å². The molecule has 0 bridgehead atoms. The molecular weight excluding hydrogens is 406 g/mol. The first kappa shape index (κ1) is 27.1. The summed E-state index contributed by atoms with van der Waals surface area (Å²) < 4.78 is 5.80. The number of hydrogen-bond donors (Lipinski definition) is 0. The third-order valence-corrected chi connectivity index (χ3v) is 6.70. The molecule has 0 spiro atoms. The molecule has 0 saturated heterocycles. The quantitative estimate of drug-likeness (QED) is 0.342. The zero-order chi connectivity index (χ0) is 24.5. The monoisotopic (exact) mass is 451 g/mol. The first-order chi connectivity index (χ1) is 15.8. The van der Waals surface area contributed by atoms with Crippen LogP contribution < -0.4 is 0 Å². The number of esters is 1. The largest absolute Gasteiger partial charge is 0.457 e. The van der Waals surface area contributed by atoms with Crippen molar-refractivity contribution in [3.63, 3.8) is 0 Å². The van der Waals surface area contributed by atoms with Gasteiger partial charge in [0.1, 0.15) is 6.61 Å². The van der Waals surface area contributed by atoms with Crippen LogP contribution in [0.1, 0.15) is 83.6 Å². The SMILES string of the molecule is CC.CCC1C=C(COC(=O)C(=C(C)C)c2cc3c(cc2C)CCN(C(C)C)CC3)C=CC1. The summed E-state index contributed by atoms with van der Waals surface area (Å²) in [6, 6.07) is 5.11. The van der Waals surface area contributed by atoms with E-state index >= 15 is 0 Å². The fourth-order valence-corrected chi connectivity index (χ4v) is 4.71. The average molecular weight is 452 g/mol. The van der Waals surface area contributed by atoms with E-state index in [2.05, 4.69) is 63.0 Å². The fraction of sp³-hybridized carbons (Fsp3) is 0.567. The number of benzene rings is 1. The molecule has 1 atom stereocenters. The number of aryl methyl sites for hydroxylation is 1. The number of ether oxygens (including phenoxy) is 1. The normalized spacial score (nSPS) is 18.0. The van der Waals surface area contributed by atoms with Gasteiger partial charge in [-0.25, -0.2) is 4.79 Å². The van der Waals surface area contributed by atoms with Crippen molar-refractivity contribution in [1.82, 2.24) is 4.90 Å². The second kappa shape index (κ2) is 12.9. The van der Waals surface area contributed by atoms with Gasteiger partial charge in [-0.1, -0.05) is 56.7 Å². The maximum atomic E-state index is 13.2. The number of carbonyl (C=O) groups excluding carboxylic acids is 1. The highest BCUT2D eigenvalue weighted by molar-refractivity contribution is 6.17. The summed E-state index contributed by atoms with van der Waals surface area (Å²) in [4.78, 5) is 15.7. The summed E-state index contributed by atoms with van der Waals surface area (Å²) in [5.41, 5.74) is 7.82. The lowest BCUT2D eigenvalue weighted by Gasteiger charge is -2.23. The van der Waals surface area contributed by atoms with E-state index in [1.807, 2.05) is 27.7 Å². The van der Waals surface area contributed by atoms with Crippen molar-refractivity contribution in [2.75, 3.05) is 19.7 Å². The molecule has 1 aliphatic carbocycles. The van der Waals surface area contributed by atoms with Crippen LogP contribution in [0.3, 0.4) is 0 Å². The van der Waals surface area contributed by atoms with E-state index in [9.17, 15) is 4.79 Å². The van der Waals surface area contributed by atoms with E-state index in [0.29, 0.717) is 18.6 Å². The van der Waals surface area contributed by atoms with E-state index in [4.69, 9.17) is 4.74 Å². The number of rotatable bonds is 6. The Labute approximate surface area is 202 Å². The smallest absolute Gasteiger partial charge is 0.339 e. The van der Waals surface area contributed by atoms with Crippen molar-refractivity contribution >= 4 is 11.5 Å². The van der Waals surface area contributed by atoms with E-state index < -0.39 is 0 Å². The minimum Gasteiger partial charge on any atom is -0.457 e. The van der Waals surface area contributed by atoms with Crippen molar-refractivity contribution in [3.8, 4) is 0 Å². The van der Waals surface area contributed by atoms with Crippen LogP contribution in [-0.2, 0) is 22.4 Å². The summed E-state index contributed by atoms with van der Waals surface area (Å²) in [6.45, 7) is 19.4. The second-order valence-corrected chi connectivity index (χ2v) is 9.56. The molecule has 182 valence electrons. The van der Waals surface area contributed by atoms with Gasteiger partial charge in [0.25, 0.3) is 0 Å². The summed E-state index contributed by atoms with van der Waals surface area (Å²) in [5, 5.41) is 0. The molecule has 3 heteroatoms. The van der Waals surface area contributed by atoms with E-state index in [1.165, 1.54) is 11.1 Å². The van der Waals surface area contributed by atoms with E-state index in [1.54, 1.807) is 0 Å². The standard InChI is InChI=1S/C28H39NO2.C2H6/c1-7-22-9-8-10-23(16-22)18-31-28(30)27(19(2)3)26-17-25-12-14-29(20(4)5)13-11-24(25)15-21(26)6;1-2/h8,10,15-17,20,22H,7,9,11-14,18H2,1-6H3;1-2H3. The van der Waals surface area contributed by atoms with Gasteiger partial charge in [-0.15, -0.1) is 0 Å². The summed E-state index contributed by atoms with van der Waals surface area (Å²) >= 11 is 0. The lowest BCUT2D eigenvalue weighted by molar-refractivity contribution is -0.135. The molecule has 1 heterocycles. The van der Waals surface area contributed by atoms with Crippen LogP contribution in [0.15, 0.2) is 41.5 Å². The molecule has 0 radical (unpaired) electrons. The molecule has 0 aromatic heterocycles. The average Bonchev–Trinajstić information content (AvgIpc) is 3.01. The molecule has 3 nitrogen and oxygen atoms in total. The number of allylic oxidation sites excluding steroid dienone is 3. The molecule has 0 fully saturated rings. The fourth-order valence-electron chi connectivity index (χ4n) is 4.71. The first-order valence-corrected chi connectivity index (χ1v) is 12.9. The van der Waals surface area contributed by atoms with E-state index in [0.717, 1.165) is 66.6 Å². The van der Waals surface area contributed by atoms with Gasteiger partial charge in [0, 0.05) is 19.1 Å². The van der Waals surface area contributed by atoms with Crippen molar-refractivity contribution in [2.45, 2.75) is 87.1 Å². The minimum absolute atomic E-state index is 0.214. The Bertz CT molecular complexity index is 900. The molecule has 0 saturated carbocycles. The third-order valence-electron chi connectivity index (χ3n) is 6.70. The lowest BCUT2D eigenvalue weighted by Crippen LogP contribution is -2.32. The molecule has 2 aliphatic rings. The molecule has 0 N–H and O–H groups in total. The van der Waals surface area contributed by atoms with Crippen molar-refractivity contribution in [1.29, 1.82) is 0 Å². The second-order valence-electron chi connectivity index (χ2n) is 9.56. The predicted molar refractivity (Wildman–Crippen MR) is 141 cm³/mol. The van der Waals surface area contributed by atoms with Crippen LogP contribution in [0.2, 0.25) is 0 Å². The Morgan fingerprint density at radius 1 is 1.12 bits per heavy atom. The van der Waals surface area contributed by atoms with Crippen LogP contribution in [0.5, 0.6) is 0 Å². The van der Waals surface area contributed by atoms with Gasteiger partial charge in [-0.2, -0.15) is 0 Å². The minimum atomic E-state index is -0.214. The Balaban J connectivity index is 0.00000187. The zero-order valence-electron chi connectivity index (χ0n) is 22.3. The van der Waals surface area contributed by atoms with Gasteiger partial charge < -0.3 is 9.64 Å². The first-order valence-electron chi connectivity index (χ1n) is 12.9. The molecule has 1 unspecified atom stereocenters. The van der Waals surface area contributed by atoms with Gasteiger partial charge >= 0.3 is 5.97 Å². The predicted octanol–water partition coefficient (Wildman–Crippen LogP) is 7.08. The molecule has 1 aromatic rings. The van der Waals surface area contributed by atoms with Gasteiger partial charge in [-0.05, 0) is 94.0 Å². The Hall–Kier alpha value is -2.13. The molecule has 1 aliphatic heterocycles. The topological polar surface area (TPSA) is 29.5 Å². The third kappa shape index (κ3) is 7.17. The number of hydrogen-bond acceptors (Lipinski definition) is 3. The molecule has 1 aromatic carbocycles. The zero-order valence-corrected chi connectivity index (χ0v) is 22.3. The lowest BCUT2D eigenvalue weighted by atomic mass is 9.90. The number of carbonyl (C=O) groups is 1. The Morgan fingerprint density at radius 3 is 2.33 bits per heavy atom. The van der Waals surface area contributed by atoms with Gasteiger partial charge in [0.05, 0.1) is 5.57 Å². The van der Waals surface area contributed by atoms with Crippen LogP contribution >= 0.6 is 0 Å².